The number of amides is 1. The van der Waals surface area contributed by atoms with Crippen LogP contribution in [0.2, 0.25) is 0 Å². The molecule has 1 unspecified atom stereocenters. The van der Waals surface area contributed by atoms with Crippen molar-refractivity contribution in [1.82, 2.24) is 10.3 Å². The number of nitrogens with two attached hydrogens (primary N) is 1. The lowest BCUT2D eigenvalue weighted by atomic mass is 10.2. The highest BCUT2D eigenvalue weighted by Gasteiger charge is 2.16. The molecule has 0 fully saturated rings. The highest BCUT2D eigenvalue weighted by atomic mass is 32.2. The predicted molar refractivity (Wildman–Crippen MR) is 71.2 cm³/mol. The number of thioether (sulfide) groups is 1. The maximum atomic E-state index is 11.9. The first-order chi connectivity index (χ1) is 7.58. The molecule has 1 aromatic rings. The monoisotopic (exact) mass is 259 g/mol. The smallest absolute Gasteiger partial charge is 0.263 e. The summed E-state index contributed by atoms with van der Waals surface area (Å²) < 4.78 is 0. The van der Waals surface area contributed by atoms with Crippen molar-refractivity contribution in [3.05, 3.63) is 10.6 Å². The summed E-state index contributed by atoms with van der Waals surface area (Å²) in [5.41, 5.74) is 6.27. The van der Waals surface area contributed by atoms with E-state index in [-0.39, 0.29) is 11.9 Å². The van der Waals surface area contributed by atoms with Crippen LogP contribution in [0.15, 0.2) is 0 Å². The van der Waals surface area contributed by atoms with Crippen molar-refractivity contribution >= 4 is 34.1 Å². The van der Waals surface area contributed by atoms with Crippen molar-refractivity contribution in [2.24, 2.45) is 0 Å². The largest absolute Gasteiger partial charge is 0.375 e. The van der Waals surface area contributed by atoms with Gasteiger partial charge in [-0.3, -0.25) is 4.79 Å². The Morgan fingerprint density at radius 1 is 1.69 bits per heavy atom. The molecule has 0 saturated heterocycles. The van der Waals surface area contributed by atoms with Crippen LogP contribution in [0.4, 0.5) is 5.13 Å². The van der Waals surface area contributed by atoms with E-state index in [4.69, 9.17) is 5.73 Å². The summed E-state index contributed by atoms with van der Waals surface area (Å²) in [6, 6.07) is 0.213. The zero-order valence-corrected chi connectivity index (χ0v) is 11.4. The number of nitrogens with zero attached hydrogens (tertiary/aromatic N) is 1. The molecule has 3 N–H and O–H groups in total. The van der Waals surface area contributed by atoms with Gasteiger partial charge in [0.2, 0.25) is 0 Å². The van der Waals surface area contributed by atoms with Crippen molar-refractivity contribution < 1.29 is 4.79 Å². The van der Waals surface area contributed by atoms with Crippen molar-refractivity contribution in [3.8, 4) is 0 Å². The summed E-state index contributed by atoms with van der Waals surface area (Å²) in [5, 5.41) is 3.44. The molecule has 0 aliphatic rings. The highest BCUT2D eigenvalue weighted by Crippen LogP contribution is 2.19. The third kappa shape index (κ3) is 3.38. The van der Waals surface area contributed by atoms with Crippen LogP contribution in [0.25, 0.3) is 0 Å². The second-order valence-electron chi connectivity index (χ2n) is 3.50. The summed E-state index contributed by atoms with van der Waals surface area (Å²) in [7, 11) is 0. The molecular formula is C10H17N3OS2. The van der Waals surface area contributed by atoms with Gasteiger partial charge in [0, 0.05) is 11.8 Å². The first-order valence-electron chi connectivity index (χ1n) is 5.11. The first-order valence-corrected chi connectivity index (χ1v) is 7.32. The number of thiazole rings is 1. The van der Waals surface area contributed by atoms with Gasteiger partial charge in [0.05, 0.1) is 5.69 Å². The number of carbonyl (C=O) groups excluding carboxylic acids is 1. The van der Waals surface area contributed by atoms with E-state index in [1.165, 1.54) is 11.3 Å². The topological polar surface area (TPSA) is 68.0 Å². The summed E-state index contributed by atoms with van der Waals surface area (Å²) in [6.45, 7) is 3.87. The van der Waals surface area contributed by atoms with Crippen LogP contribution >= 0.6 is 23.1 Å². The lowest BCUT2D eigenvalue weighted by Gasteiger charge is -2.14. The quantitative estimate of drug-likeness (QED) is 0.847. The van der Waals surface area contributed by atoms with Crippen LogP contribution in [0.1, 0.15) is 28.7 Å². The third-order valence-electron chi connectivity index (χ3n) is 2.22. The normalized spacial score (nSPS) is 12.4. The molecule has 1 heterocycles. The molecule has 4 nitrogen and oxygen atoms in total. The fourth-order valence-corrected chi connectivity index (χ4v) is 2.80. The molecule has 0 spiro atoms. The summed E-state index contributed by atoms with van der Waals surface area (Å²) in [6.07, 6.45) is 2.96. The van der Waals surface area contributed by atoms with Crippen molar-refractivity contribution in [2.45, 2.75) is 26.3 Å². The molecule has 0 radical (unpaired) electrons. The first kappa shape index (κ1) is 13.3. The van der Waals surface area contributed by atoms with Gasteiger partial charge >= 0.3 is 0 Å². The standard InChI is InChI=1S/C10H17N3OS2/c1-4-7(5-15-3)13-9(14)8-6(2)12-10(11)16-8/h7H,4-5H2,1-3H3,(H2,11,12)(H,13,14). The molecule has 0 bridgehead atoms. The third-order valence-corrected chi connectivity index (χ3v) is 3.94. The van der Waals surface area contributed by atoms with E-state index in [1.54, 1.807) is 18.7 Å². The molecule has 0 aliphatic carbocycles. The SMILES string of the molecule is CCC(CSC)NC(=O)c1sc(N)nc1C. The summed E-state index contributed by atoms with van der Waals surface area (Å²) in [5.74, 6) is 0.864. The molecule has 1 atom stereocenters. The van der Waals surface area contributed by atoms with Gasteiger partial charge in [0.25, 0.3) is 5.91 Å². The van der Waals surface area contributed by atoms with E-state index in [9.17, 15) is 4.79 Å². The van der Waals surface area contributed by atoms with Gasteiger partial charge in [0.1, 0.15) is 4.88 Å². The fraction of sp³-hybridized carbons (Fsp3) is 0.600. The molecule has 16 heavy (non-hydrogen) atoms. The number of aryl methyl sites for hydroxylation is 1. The zero-order chi connectivity index (χ0) is 12.1. The second-order valence-corrected chi connectivity index (χ2v) is 5.44. The Hall–Kier alpha value is -0.750. The van der Waals surface area contributed by atoms with E-state index in [1.807, 2.05) is 6.26 Å². The number of hydrogen-bond donors (Lipinski definition) is 2. The van der Waals surface area contributed by atoms with Gasteiger partial charge in [-0.2, -0.15) is 11.8 Å². The van der Waals surface area contributed by atoms with Crippen molar-refractivity contribution in [2.75, 3.05) is 17.7 Å². The Morgan fingerprint density at radius 2 is 2.38 bits per heavy atom. The van der Waals surface area contributed by atoms with Gasteiger partial charge in [-0.25, -0.2) is 4.98 Å². The number of hydrogen-bond acceptors (Lipinski definition) is 5. The van der Waals surface area contributed by atoms with Gasteiger partial charge in [-0.05, 0) is 19.6 Å². The zero-order valence-electron chi connectivity index (χ0n) is 9.74. The molecule has 1 aromatic heterocycles. The minimum absolute atomic E-state index is 0.0624. The molecule has 1 amide bonds. The molecule has 90 valence electrons. The Bertz CT molecular complexity index is 365. The van der Waals surface area contributed by atoms with Gasteiger partial charge < -0.3 is 11.1 Å². The molecule has 6 heteroatoms. The Balaban J connectivity index is 2.67. The van der Waals surface area contributed by atoms with E-state index < -0.39 is 0 Å². The van der Waals surface area contributed by atoms with Crippen molar-refractivity contribution in [1.29, 1.82) is 0 Å². The average molecular weight is 259 g/mol. The van der Waals surface area contributed by atoms with E-state index in [2.05, 4.69) is 17.2 Å². The van der Waals surface area contributed by atoms with E-state index >= 15 is 0 Å². The van der Waals surface area contributed by atoms with E-state index in [0.717, 1.165) is 12.2 Å². The minimum atomic E-state index is -0.0624. The number of carbonyl (C=O) groups is 1. The second kappa shape index (κ2) is 6.10. The van der Waals surface area contributed by atoms with Crippen LogP contribution in [-0.4, -0.2) is 28.9 Å². The van der Waals surface area contributed by atoms with Crippen LogP contribution < -0.4 is 11.1 Å². The Labute approximate surface area is 104 Å². The van der Waals surface area contributed by atoms with Gasteiger partial charge in [0.15, 0.2) is 5.13 Å². The Kier molecular flexibility index (Phi) is 5.08. The molecule has 1 rings (SSSR count). The van der Waals surface area contributed by atoms with Gasteiger partial charge in [-0.1, -0.05) is 18.3 Å². The molecule has 0 aliphatic heterocycles. The highest BCUT2D eigenvalue weighted by molar-refractivity contribution is 7.98. The summed E-state index contributed by atoms with van der Waals surface area (Å²) >= 11 is 2.97. The van der Waals surface area contributed by atoms with Gasteiger partial charge in [-0.15, -0.1) is 0 Å². The Morgan fingerprint density at radius 3 is 2.81 bits per heavy atom. The predicted octanol–water partition coefficient (Wildman–Crippen LogP) is 1.91. The maximum absolute atomic E-state index is 11.9. The lowest BCUT2D eigenvalue weighted by Crippen LogP contribution is -2.36. The number of nitrogens with one attached hydrogen (secondary N) is 1. The molecular weight excluding hydrogens is 242 g/mol. The number of anilines is 1. The number of nitrogen functional groups attached to an aromatic ring is 1. The van der Waals surface area contributed by atoms with E-state index in [0.29, 0.717) is 15.7 Å². The average Bonchev–Trinajstić information content (AvgIpc) is 2.57. The van der Waals surface area contributed by atoms with Crippen LogP contribution in [-0.2, 0) is 0 Å². The fourth-order valence-electron chi connectivity index (χ4n) is 1.34. The summed E-state index contributed by atoms with van der Waals surface area (Å²) in [4.78, 5) is 16.6. The number of rotatable bonds is 5. The molecule has 0 saturated carbocycles. The molecule has 0 aromatic carbocycles. The van der Waals surface area contributed by atoms with Crippen LogP contribution in [0, 0.1) is 6.92 Å². The van der Waals surface area contributed by atoms with Crippen LogP contribution in [0.3, 0.4) is 0 Å². The lowest BCUT2D eigenvalue weighted by molar-refractivity contribution is 0.0943. The number of aromatic nitrogens is 1. The maximum Gasteiger partial charge on any atom is 0.263 e. The van der Waals surface area contributed by atoms with Crippen LogP contribution in [0.5, 0.6) is 0 Å². The minimum Gasteiger partial charge on any atom is -0.375 e. The van der Waals surface area contributed by atoms with Crippen molar-refractivity contribution in [3.63, 3.8) is 0 Å².